The SMILES string of the molecule is COC(C)(C)[C@H](NC(=O)OC(C)(C)C)c1ccc(O)cc1. The maximum atomic E-state index is 12.0. The second kappa shape index (κ2) is 6.35. The van der Waals surface area contributed by atoms with Crippen LogP contribution in [0.15, 0.2) is 24.3 Å². The monoisotopic (exact) mass is 295 g/mol. The molecule has 0 radical (unpaired) electrons. The van der Waals surface area contributed by atoms with Gasteiger partial charge in [0, 0.05) is 7.11 Å². The molecule has 0 heterocycles. The van der Waals surface area contributed by atoms with Crippen molar-refractivity contribution in [3.05, 3.63) is 29.8 Å². The zero-order valence-corrected chi connectivity index (χ0v) is 13.6. The van der Waals surface area contributed by atoms with Crippen molar-refractivity contribution in [3.63, 3.8) is 0 Å². The highest BCUT2D eigenvalue weighted by Gasteiger charge is 2.33. The van der Waals surface area contributed by atoms with E-state index in [-0.39, 0.29) is 5.75 Å². The summed E-state index contributed by atoms with van der Waals surface area (Å²) in [5.41, 5.74) is -0.375. The van der Waals surface area contributed by atoms with Gasteiger partial charge < -0.3 is 19.9 Å². The summed E-state index contributed by atoms with van der Waals surface area (Å²) in [7, 11) is 1.59. The summed E-state index contributed by atoms with van der Waals surface area (Å²) < 4.78 is 10.8. The predicted molar refractivity (Wildman–Crippen MR) is 81.3 cm³/mol. The number of alkyl carbamates (subject to hydrolysis) is 1. The quantitative estimate of drug-likeness (QED) is 0.893. The van der Waals surface area contributed by atoms with Crippen molar-refractivity contribution in [2.75, 3.05) is 7.11 Å². The maximum absolute atomic E-state index is 12.0. The second-order valence-corrected chi connectivity index (χ2v) is 6.48. The van der Waals surface area contributed by atoms with Gasteiger partial charge in [0.1, 0.15) is 11.4 Å². The number of carbonyl (C=O) groups excluding carboxylic acids is 1. The first kappa shape index (κ1) is 17.3. The lowest BCUT2D eigenvalue weighted by molar-refractivity contribution is -0.0171. The molecule has 1 aromatic rings. The number of hydrogen-bond acceptors (Lipinski definition) is 4. The molecule has 0 aliphatic carbocycles. The summed E-state index contributed by atoms with van der Waals surface area (Å²) in [6.45, 7) is 9.18. The van der Waals surface area contributed by atoms with Crippen LogP contribution < -0.4 is 5.32 Å². The smallest absolute Gasteiger partial charge is 0.408 e. The van der Waals surface area contributed by atoms with Crippen LogP contribution in [0.25, 0.3) is 0 Å². The molecular weight excluding hydrogens is 270 g/mol. The number of hydrogen-bond donors (Lipinski definition) is 2. The molecule has 1 rings (SSSR count). The topological polar surface area (TPSA) is 67.8 Å². The normalized spacial score (nSPS) is 13.6. The van der Waals surface area contributed by atoms with E-state index in [0.29, 0.717) is 0 Å². The van der Waals surface area contributed by atoms with Crippen molar-refractivity contribution in [1.29, 1.82) is 0 Å². The molecule has 5 nitrogen and oxygen atoms in total. The molecule has 0 aromatic heterocycles. The number of benzene rings is 1. The summed E-state index contributed by atoms with van der Waals surface area (Å²) in [5, 5.41) is 12.2. The van der Waals surface area contributed by atoms with E-state index in [9.17, 15) is 9.90 Å². The van der Waals surface area contributed by atoms with Crippen LogP contribution in [0.5, 0.6) is 5.75 Å². The third-order valence-corrected chi connectivity index (χ3v) is 3.11. The zero-order valence-electron chi connectivity index (χ0n) is 13.6. The van der Waals surface area contributed by atoms with Gasteiger partial charge in [-0.15, -0.1) is 0 Å². The number of methoxy groups -OCH3 is 1. The molecule has 1 atom stereocenters. The molecule has 0 aliphatic rings. The van der Waals surface area contributed by atoms with Gasteiger partial charge in [-0.05, 0) is 52.3 Å². The van der Waals surface area contributed by atoms with E-state index >= 15 is 0 Å². The fourth-order valence-electron chi connectivity index (χ4n) is 1.87. The van der Waals surface area contributed by atoms with Gasteiger partial charge in [-0.1, -0.05) is 12.1 Å². The van der Waals surface area contributed by atoms with Crippen LogP contribution in [0.2, 0.25) is 0 Å². The first-order valence-electron chi connectivity index (χ1n) is 6.89. The van der Waals surface area contributed by atoms with Crippen LogP contribution >= 0.6 is 0 Å². The molecule has 0 spiro atoms. The summed E-state index contributed by atoms with van der Waals surface area (Å²) in [5.74, 6) is 0.171. The number of ether oxygens (including phenoxy) is 2. The van der Waals surface area contributed by atoms with E-state index in [2.05, 4.69) is 5.32 Å². The third kappa shape index (κ3) is 5.27. The minimum absolute atomic E-state index is 0.171. The average Bonchev–Trinajstić information content (AvgIpc) is 2.35. The van der Waals surface area contributed by atoms with Crippen LogP contribution in [0.1, 0.15) is 46.2 Å². The number of phenolic OH excluding ortho intramolecular Hbond substituents is 1. The number of carbonyl (C=O) groups is 1. The Morgan fingerprint density at radius 2 is 1.67 bits per heavy atom. The second-order valence-electron chi connectivity index (χ2n) is 6.48. The van der Waals surface area contributed by atoms with Gasteiger partial charge in [-0.2, -0.15) is 0 Å². The average molecular weight is 295 g/mol. The van der Waals surface area contributed by atoms with Gasteiger partial charge >= 0.3 is 6.09 Å². The molecule has 21 heavy (non-hydrogen) atoms. The molecule has 0 aliphatic heterocycles. The van der Waals surface area contributed by atoms with Crippen LogP contribution in [0.3, 0.4) is 0 Å². The van der Waals surface area contributed by atoms with Crippen LogP contribution in [0, 0.1) is 0 Å². The Morgan fingerprint density at radius 3 is 2.10 bits per heavy atom. The number of aromatic hydroxyl groups is 1. The molecule has 0 unspecified atom stereocenters. The van der Waals surface area contributed by atoms with E-state index in [0.717, 1.165) is 5.56 Å². The Labute approximate surface area is 126 Å². The highest BCUT2D eigenvalue weighted by molar-refractivity contribution is 5.68. The van der Waals surface area contributed by atoms with Crippen molar-refractivity contribution in [1.82, 2.24) is 5.32 Å². The summed E-state index contributed by atoms with van der Waals surface area (Å²) in [6, 6.07) is 6.24. The van der Waals surface area contributed by atoms with Crippen LogP contribution in [-0.2, 0) is 9.47 Å². The summed E-state index contributed by atoms with van der Waals surface area (Å²) in [4.78, 5) is 12.0. The number of nitrogens with one attached hydrogen (secondary N) is 1. The molecule has 5 heteroatoms. The Kier molecular flexibility index (Phi) is 5.23. The van der Waals surface area contributed by atoms with Gasteiger partial charge in [0.2, 0.25) is 0 Å². The highest BCUT2D eigenvalue weighted by Crippen LogP contribution is 2.29. The lowest BCUT2D eigenvalue weighted by Crippen LogP contribution is -2.45. The summed E-state index contributed by atoms with van der Waals surface area (Å²) >= 11 is 0. The van der Waals surface area contributed by atoms with E-state index < -0.39 is 23.3 Å². The van der Waals surface area contributed by atoms with E-state index in [4.69, 9.17) is 9.47 Å². The summed E-state index contributed by atoms with van der Waals surface area (Å²) in [6.07, 6.45) is -0.509. The predicted octanol–water partition coefficient (Wildman–Crippen LogP) is 3.38. The van der Waals surface area contributed by atoms with Crippen molar-refractivity contribution < 1.29 is 19.4 Å². The molecule has 0 saturated heterocycles. The first-order valence-corrected chi connectivity index (χ1v) is 6.89. The lowest BCUT2D eigenvalue weighted by Gasteiger charge is -2.34. The molecule has 2 N–H and O–H groups in total. The fourth-order valence-corrected chi connectivity index (χ4v) is 1.87. The first-order chi connectivity index (χ1) is 9.55. The standard InChI is InChI=1S/C16H25NO4/c1-15(2,3)21-14(19)17-13(16(4,5)20-6)11-7-9-12(18)10-8-11/h7-10,13,18H,1-6H3,(H,17,19)/t13-/m1/s1. The van der Waals surface area contributed by atoms with E-state index in [1.807, 2.05) is 34.6 Å². The minimum Gasteiger partial charge on any atom is -0.508 e. The molecule has 0 saturated carbocycles. The van der Waals surface area contributed by atoms with Gasteiger partial charge in [-0.3, -0.25) is 0 Å². The van der Waals surface area contributed by atoms with Gasteiger partial charge in [0.15, 0.2) is 0 Å². The van der Waals surface area contributed by atoms with E-state index in [1.165, 1.54) is 0 Å². The molecule has 118 valence electrons. The van der Waals surface area contributed by atoms with Crippen LogP contribution in [-0.4, -0.2) is 29.5 Å². The Balaban J connectivity index is 2.99. The fraction of sp³-hybridized carbons (Fsp3) is 0.562. The van der Waals surface area contributed by atoms with Crippen molar-refractivity contribution in [2.45, 2.75) is 51.9 Å². The largest absolute Gasteiger partial charge is 0.508 e. The van der Waals surface area contributed by atoms with Crippen molar-refractivity contribution >= 4 is 6.09 Å². The maximum Gasteiger partial charge on any atom is 0.408 e. The molecule has 1 amide bonds. The van der Waals surface area contributed by atoms with Crippen molar-refractivity contribution in [2.24, 2.45) is 0 Å². The molecule has 1 aromatic carbocycles. The number of phenols is 1. The molecular formula is C16H25NO4. The number of rotatable bonds is 4. The van der Waals surface area contributed by atoms with Crippen LogP contribution in [0.4, 0.5) is 4.79 Å². The van der Waals surface area contributed by atoms with Crippen molar-refractivity contribution in [3.8, 4) is 5.75 Å². The van der Waals surface area contributed by atoms with Gasteiger partial charge in [0.05, 0.1) is 11.6 Å². The molecule has 0 fully saturated rings. The van der Waals surface area contributed by atoms with E-state index in [1.54, 1.807) is 31.4 Å². The lowest BCUT2D eigenvalue weighted by atomic mass is 9.91. The minimum atomic E-state index is -0.631. The zero-order chi connectivity index (χ0) is 16.3. The highest BCUT2D eigenvalue weighted by atomic mass is 16.6. The molecule has 0 bridgehead atoms. The Bertz CT molecular complexity index is 474. The third-order valence-electron chi connectivity index (χ3n) is 3.11. The Hall–Kier alpha value is -1.75. The number of amides is 1. The Morgan fingerprint density at radius 1 is 1.14 bits per heavy atom. The van der Waals surface area contributed by atoms with Gasteiger partial charge in [0.25, 0.3) is 0 Å². The van der Waals surface area contributed by atoms with Gasteiger partial charge in [-0.25, -0.2) is 4.79 Å².